The van der Waals surface area contributed by atoms with Crippen LogP contribution in [0.4, 0.5) is 0 Å². The Morgan fingerprint density at radius 2 is 0.895 bits per heavy atom. The zero-order valence-electron chi connectivity index (χ0n) is 81.8. The zero-order valence-corrected chi connectivity index (χ0v) is 91.4. The van der Waals surface area contributed by atoms with E-state index in [-0.39, 0.29) is 120 Å². The normalized spacial score (nSPS) is 11.0. The van der Waals surface area contributed by atoms with Crippen molar-refractivity contribution < 1.29 is 110 Å². The first-order valence-corrected chi connectivity index (χ1v) is 44.7. The fourth-order valence-electron chi connectivity index (χ4n) is 14.2. The molecule has 5 heterocycles. The molecule has 133 heavy (non-hydrogen) atoms. The largest absolute Gasteiger partial charge is 0.512 e. The van der Waals surface area contributed by atoms with Crippen LogP contribution in [0.3, 0.4) is 0 Å². The van der Waals surface area contributed by atoms with Gasteiger partial charge in [0.05, 0.1) is 28.3 Å². The smallest absolute Gasteiger partial charge is 0.159 e. The summed E-state index contributed by atoms with van der Waals surface area (Å²) in [5.41, 5.74) is 31.8. The van der Waals surface area contributed by atoms with Crippen molar-refractivity contribution in [1.29, 1.82) is 0 Å². The Kier molecular flexibility index (Phi) is 51.4. The van der Waals surface area contributed by atoms with Gasteiger partial charge in [-0.1, -0.05) is 237 Å². The van der Waals surface area contributed by atoms with Crippen molar-refractivity contribution in [3.8, 4) is 78.5 Å². The number of aryl methyl sites for hydroxylation is 8. The van der Waals surface area contributed by atoms with Crippen molar-refractivity contribution >= 4 is 39.2 Å². The van der Waals surface area contributed by atoms with Crippen molar-refractivity contribution in [2.24, 2.45) is 23.7 Å². The number of allylic oxidation sites excluding steroid dienone is 6. The summed E-state index contributed by atoms with van der Waals surface area (Å²) >= 11 is 0. The molecule has 0 spiro atoms. The summed E-state index contributed by atoms with van der Waals surface area (Å²) < 4.78 is 0. The van der Waals surface area contributed by atoms with Gasteiger partial charge < -0.3 is 30.3 Å². The summed E-state index contributed by atoms with van der Waals surface area (Å²) in [6.45, 7) is 48.1. The molecule has 14 aromatic rings. The first-order valence-electron chi connectivity index (χ1n) is 44.7. The summed E-state index contributed by atoms with van der Waals surface area (Å²) in [4.78, 5) is 54.7. The van der Waals surface area contributed by atoms with Crippen molar-refractivity contribution in [3.63, 3.8) is 0 Å². The number of aliphatic hydroxyl groups excluding tert-OH is 3. The molecule has 0 fully saturated rings. The average molecular weight is 2490 g/mol. The number of para-hydroxylation sites is 1. The Morgan fingerprint density at radius 3 is 1.36 bits per heavy atom. The van der Waals surface area contributed by atoms with Crippen molar-refractivity contribution in [1.82, 2.24) is 24.9 Å². The number of rotatable bonds is 19. The van der Waals surface area contributed by atoms with E-state index in [1.807, 2.05) is 113 Å². The van der Waals surface area contributed by atoms with Gasteiger partial charge in [-0.15, -0.1) is 177 Å². The number of nitrogens with zero attached hydrogens (tertiary/aromatic N) is 5. The fourth-order valence-corrected chi connectivity index (χ4v) is 14.2. The van der Waals surface area contributed by atoms with Crippen LogP contribution in [0.25, 0.3) is 100 Å². The minimum atomic E-state index is -0.125. The third kappa shape index (κ3) is 41.1. The van der Waals surface area contributed by atoms with Gasteiger partial charge in [-0.2, -0.15) is 0 Å². The molecule has 0 aliphatic heterocycles. The predicted octanol–water partition coefficient (Wildman–Crippen LogP) is 30.3. The second-order valence-electron chi connectivity index (χ2n) is 35.8. The molecule has 9 aromatic carbocycles. The number of benzene rings is 9. The van der Waals surface area contributed by atoms with E-state index >= 15 is 0 Å². The van der Waals surface area contributed by atoms with E-state index in [9.17, 15) is 19.5 Å². The van der Waals surface area contributed by atoms with Gasteiger partial charge in [-0.25, -0.2) is 0 Å². The Morgan fingerprint density at radius 1 is 0.398 bits per heavy atom. The van der Waals surface area contributed by atoms with Crippen LogP contribution in [0.5, 0.6) is 0 Å². The van der Waals surface area contributed by atoms with Gasteiger partial charge in [0.25, 0.3) is 0 Å². The Labute approximate surface area is 848 Å². The van der Waals surface area contributed by atoms with Crippen LogP contribution in [-0.2, 0) is 119 Å². The van der Waals surface area contributed by atoms with E-state index in [1.54, 1.807) is 6.92 Å². The van der Waals surface area contributed by atoms with E-state index in [4.69, 9.17) is 20.2 Å². The number of pyridine rings is 5. The average Bonchev–Trinajstić information content (AvgIpc) is 0.790. The monoisotopic (exact) mass is 2490 g/mol. The number of hydrogen-bond donors (Lipinski definition) is 3. The number of carbonyl (C=O) groups is 3. The quantitative estimate of drug-likeness (QED) is 0.0399. The van der Waals surface area contributed by atoms with E-state index in [1.165, 1.54) is 123 Å². The molecule has 0 unspecified atom stereocenters. The molecule has 0 amide bonds. The van der Waals surface area contributed by atoms with Crippen LogP contribution in [0, 0.1) is 102 Å². The van der Waals surface area contributed by atoms with Crippen LogP contribution >= 0.6 is 0 Å². The molecule has 14 rings (SSSR count). The topological polar surface area (TPSA) is 176 Å². The Hall–Kier alpha value is -10.5. The number of ketones is 3. The van der Waals surface area contributed by atoms with E-state index in [0.717, 1.165) is 97.7 Å². The molecule has 0 atom stereocenters. The number of Topliss-reactive ketones (excluding diaryl/α,β-unsaturated/α-hetero) is 1. The van der Waals surface area contributed by atoms with Crippen LogP contribution < -0.4 is 0 Å². The van der Waals surface area contributed by atoms with Gasteiger partial charge in [0.2, 0.25) is 0 Å². The van der Waals surface area contributed by atoms with Gasteiger partial charge in [0, 0.05) is 140 Å². The van der Waals surface area contributed by atoms with Crippen molar-refractivity contribution in [2.45, 2.75) is 204 Å². The SMILES string of the molecule is CC(=O)C(C)=C(C)O.CC(=O)C=C(C)O.CC(C)(C)c1ccnc(-c2[c-]ccc(-c3ccccc3)c2)c1.CC(C)CC(=O)C=C(O)CC(C)C.CCc1ccc(-c2[c-]cccc2)nc1.Cc1[c-]c(-c2cc(CC(C)C)c3cc(C)ccc3n2)cc(C)c1.Cc1[c-]c(-c2cc(CC(C)C)c3ccccc3n2)cc(C)c1.Cc1cc(C)cc(-c2ccnc(-c3[c-]cccc3)c2)c1.[Ir].[Ir].[Ir].[Ir]. The third-order valence-corrected chi connectivity index (χ3v) is 20.3. The molecule has 0 saturated carbocycles. The molecule has 0 aliphatic carbocycles. The van der Waals surface area contributed by atoms with Crippen molar-refractivity contribution in [3.05, 3.63) is 376 Å². The summed E-state index contributed by atoms with van der Waals surface area (Å²) in [6.07, 6.45) is 12.5. The van der Waals surface area contributed by atoms with Crippen LogP contribution in [0.2, 0.25) is 0 Å². The van der Waals surface area contributed by atoms with E-state index in [2.05, 4.69) is 313 Å². The Balaban J connectivity index is 0.000000400. The standard InChI is InChI=1S/C22H24N.C21H22N.C21H20N.C19H16N.C13H12N.C11H20O2.C6H10O2.C5H8O2.4Ir/c1-14(2)8-18-13-22(19-10-16(4)9-17(5)11-19)23-21-7-6-15(3)12-20(18)21;1-14(2)9-17-13-21(18-11-15(3)10-16(4)12-18)22-20-8-6-5-7-19(17)20;1-21(2,3)19-12-13-22-20(15-19)18-11-7-10-17(14-18)16-8-5-4-6-9-16;1-14-10-15(2)12-18(11-14)17-8-9-20-19(13-17)16-6-4-3-5-7-16;1-2-11-8-9-13(14-10-11)12-6-4-3-5-7-12;1-8(2)5-10(12)7-11(13)6-9(3)4;1-4(5(2)7)6(3)8;1-4(6)3-5(2)7;;;;/h6-7,9-10,12-14H,8H2,1-5H3;5-8,10-11,13-14H,9H2,1-4H3;4-10,12-15H,1-3H3;3-6,8-13H,1-2H3;3-6,8-10H,2H2,1H3;7-9,12H,5-6H2,1-4H3;7H,1-3H3;3,6H,1-2H3;;;;/q5*-1;;;;;;;. The molecule has 11 nitrogen and oxygen atoms in total. The van der Waals surface area contributed by atoms with Gasteiger partial charge in [-0.3, -0.25) is 24.4 Å². The van der Waals surface area contributed by atoms with E-state index < -0.39 is 0 Å². The van der Waals surface area contributed by atoms with Crippen molar-refractivity contribution in [2.75, 3.05) is 0 Å². The number of fused-ring (bicyclic) bond motifs is 2. The van der Waals surface area contributed by atoms with Crippen LogP contribution in [-0.4, -0.2) is 57.6 Å². The molecular weight excluding hydrogens is 2350 g/mol. The number of carbonyl (C=O) groups excluding carboxylic acids is 3. The molecule has 0 saturated heterocycles. The van der Waals surface area contributed by atoms with Crippen LogP contribution in [0.15, 0.2) is 284 Å². The van der Waals surface area contributed by atoms with E-state index in [0.29, 0.717) is 42.1 Å². The molecule has 0 bridgehead atoms. The maximum atomic E-state index is 11.2. The van der Waals surface area contributed by atoms with Gasteiger partial charge in [-0.05, 0) is 201 Å². The fraction of sp³-hybridized carbons (Fsp3) is 0.288. The molecule has 15 heteroatoms. The maximum absolute atomic E-state index is 11.2. The third-order valence-electron chi connectivity index (χ3n) is 20.3. The first kappa shape index (κ1) is 117. The second-order valence-corrected chi connectivity index (χ2v) is 35.8. The minimum absolute atomic E-state index is 0. The number of aromatic nitrogens is 5. The summed E-state index contributed by atoms with van der Waals surface area (Å²) in [6, 6.07) is 96.4. The molecular formula is C118H132Ir4N5O6-5. The molecule has 0 aliphatic rings. The number of aliphatic hydroxyl groups is 3. The molecule has 5 aromatic heterocycles. The zero-order chi connectivity index (χ0) is 94.6. The second kappa shape index (κ2) is 58.6. The predicted molar refractivity (Wildman–Crippen MR) is 540 cm³/mol. The number of hydrogen-bond acceptors (Lipinski definition) is 11. The molecule has 706 valence electrons. The van der Waals surface area contributed by atoms with Gasteiger partial charge in [0.15, 0.2) is 17.3 Å². The van der Waals surface area contributed by atoms with Gasteiger partial charge >= 0.3 is 0 Å². The first-order chi connectivity index (χ1) is 61.2. The van der Waals surface area contributed by atoms with Crippen LogP contribution in [0.1, 0.15) is 192 Å². The maximum Gasteiger partial charge on any atom is 0.159 e. The molecule has 3 N–H and O–H groups in total. The Bertz CT molecular complexity index is 6030. The summed E-state index contributed by atoms with van der Waals surface area (Å²) in [5.74, 6) is 2.20. The minimum Gasteiger partial charge on any atom is -0.512 e. The summed E-state index contributed by atoms with van der Waals surface area (Å²) in [7, 11) is 0. The van der Waals surface area contributed by atoms with Gasteiger partial charge in [0.1, 0.15) is 0 Å². The summed E-state index contributed by atoms with van der Waals surface area (Å²) in [5, 5.41) is 28.9. The molecule has 4 radical (unpaired) electrons.